The fourth-order valence-corrected chi connectivity index (χ4v) is 4.09. The van der Waals surface area contributed by atoms with Gasteiger partial charge in [0.25, 0.3) is 0 Å². The predicted molar refractivity (Wildman–Crippen MR) is 90.8 cm³/mol. The molecule has 1 aromatic rings. The number of esters is 2. The molecule has 2 aliphatic rings. The van der Waals surface area contributed by atoms with Crippen molar-refractivity contribution in [3.05, 3.63) is 29.3 Å². The van der Waals surface area contributed by atoms with Gasteiger partial charge in [-0.2, -0.15) is 0 Å². The summed E-state index contributed by atoms with van der Waals surface area (Å²) in [4.78, 5) is 25.4. The Balaban J connectivity index is 1.97. The van der Waals surface area contributed by atoms with Crippen molar-refractivity contribution in [3.63, 3.8) is 0 Å². The van der Waals surface area contributed by atoms with Crippen molar-refractivity contribution in [2.24, 2.45) is 10.8 Å². The van der Waals surface area contributed by atoms with Crippen molar-refractivity contribution in [2.75, 3.05) is 0 Å². The summed E-state index contributed by atoms with van der Waals surface area (Å²) in [6.07, 6.45) is 1.17. The van der Waals surface area contributed by atoms with E-state index in [0.29, 0.717) is 18.6 Å². The average molecular weight is 330 g/mol. The van der Waals surface area contributed by atoms with Crippen LogP contribution < -0.4 is 4.74 Å². The second-order valence-electron chi connectivity index (χ2n) is 8.26. The smallest absolute Gasteiger partial charge is 0.356 e. The number of rotatable bonds is 3. The van der Waals surface area contributed by atoms with Crippen molar-refractivity contribution in [1.82, 2.24) is 0 Å². The molecule has 1 aliphatic carbocycles. The molecule has 1 saturated heterocycles. The van der Waals surface area contributed by atoms with Crippen LogP contribution in [-0.2, 0) is 14.3 Å². The summed E-state index contributed by atoms with van der Waals surface area (Å²) in [5, 5.41) is 0. The zero-order valence-electron chi connectivity index (χ0n) is 15.4. The Morgan fingerprint density at radius 2 is 1.88 bits per heavy atom. The van der Waals surface area contributed by atoms with Crippen LogP contribution >= 0.6 is 0 Å². The van der Waals surface area contributed by atoms with Crippen LogP contribution in [0.25, 0.3) is 0 Å². The largest absolute Gasteiger partial charge is 0.446 e. The third kappa shape index (κ3) is 1.98. The van der Waals surface area contributed by atoms with E-state index in [-0.39, 0.29) is 11.9 Å². The van der Waals surface area contributed by atoms with Gasteiger partial charge in [-0.05, 0) is 49.8 Å². The molecule has 2 bridgehead atoms. The van der Waals surface area contributed by atoms with E-state index < -0.39 is 22.4 Å². The van der Waals surface area contributed by atoms with Crippen LogP contribution in [0.3, 0.4) is 0 Å². The van der Waals surface area contributed by atoms with Gasteiger partial charge in [0, 0.05) is 5.41 Å². The van der Waals surface area contributed by atoms with Gasteiger partial charge in [-0.25, -0.2) is 4.79 Å². The SMILES string of the molecule is Cc1ccc(C(C)C)c(OC(=O)C23CCC(C)(C(=O)O2)C3(C)C)c1. The molecule has 0 spiro atoms. The van der Waals surface area contributed by atoms with Crippen LogP contribution in [-0.4, -0.2) is 17.5 Å². The third-order valence-corrected chi connectivity index (χ3v) is 6.41. The Labute approximate surface area is 143 Å². The molecule has 130 valence electrons. The summed E-state index contributed by atoms with van der Waals surface area (Å²) < 4.78 is 11.4. The van der Waals surface area contributed by atoms with Crippen molar-refractivity contribution in [3.8, 4) is 5.75 Å². The summed E-state index contributed by atoms with van der Waals surface area (Å²) in [7, 11) is 0. The Hall–Kier alpha value is -1.84. The number of benzene rings is 1. The van der Waals surface area contributed by atoms with Crippen molar-refractivity contribution < 1.29 is 19.1 Å². The minimum absolute atomic E-state index is 0.235. The van der Waals surface area contributed by atoms with Gasteiger partial charge in [0.2, 0.25) is 5.60 Å². The fourth-order valence-electron chi connectivity index (χ4n) is 4.09. The van der Waals surface area contributed by atoms with Gasteiger partial charge in [0.1, 0.15) is 5.75 Å². The predicted octanol–water partition coefficient (Wildman–Crippen LogP) is 4.15. The van der Waals surface area contributed by atoms with E-state index in [1.165, 1.54) is 0 Å². The average Bonchev–Trinajstić information content (AvgIpc) is 2.77. The summed E-state index contributed by atoms with van der Waals surface area (Å²) in [5.74, 6) is 0.0641. The molecular formula is C20H26O4. The maximum Gasteiger partial charge on any atom is 0.356 e. The summed E-state index contributed by atoms with van der Waals surface area (Å²) in [6.45, 7) is 11.9. The lowest BCUT2D eigenvalue weighted by Crippen LogP contribution is -2.50. The minimum Gasteiger partial charge on any atom is -0.446 e. The van der Waals surface area contributed by atoms with Crippen molar-refractivity contribution in [2.45, 2.75) is 65.9 Å². The Morgan fingerprint density at radius 1 is 1.21 bits per heavy atom. The fraction of sp³-hybridized carbons (Fsp3) is 0.600. The molecular weight excluding hydrogens is 304 g/mol. The highest BCUT2D eigenvalue weighted by atomic mass is 16.6. The van der Waals surface area contributed by atoms with Crippen LogP contribution in [0.2, 0.25) is 0 Å². The molecule has 2 atom stereocenters. The maximum atomic E-state index is 13.1. The molecule has 0 amide bonds. The zero-order chi connectivity index (χ0) is 17.9. The van der Waals surface area contributed by atoms with Gasteiger partial charge >= 0.3 is 11.9 Å². The first-order valence-corrected chi connectivity index (χ1v) is 8.61. The monoisotopic (exact) mass is 330 g/mol. The molecule has 24 heavy (non-hydrogen) atoms. The number of aryl methyl sites for hydroxylation is 1. The van der Waals surface area contributed by atoms with Gasteiger partial charge in [0.15, 0.2) is 0 Å². The number of hydrogen-bond donors (Lipinski definition) is 0. The van der Waals surface area contributed by atoms with Crippen LogP contribution in [0.1, 0.15) is 64.5 Å². The molecule has 3 rings (SSSR count). The molecule has 1 aromatic carbocycles. The lowest BCUT2D eigenvalue weighted by molar-refractivity contribution is -0.176. The molecule has 0 N–H and O–H groups in total. The van der Waals surface area contributed by atoms with Crippen molar-refractivity contribution >= 4 is 11.9 Å². The molecule has 2 fully saturated rings. The van der Waals surface area contributed by atoms with Gasteiger partial charge in [0.05, 0.1) is 5.41 Å². The van der Waals surface area contributed by atoms with Crippen LogP contribution in [0.15, 0.2) is 18.2 Å². The molecule has 2 unspecified atom stereocenters. The second kappa shape index (κ2) is 5.08. The molecule has 0 radical (unpaired) electrons. The Kier molecular flexibility index (Phi) is 3.60. The third-order valence-electron chi connectivity index (χ3n) is 6.41. The highest BCUT2D eigenvalue weighted by Crippen LogP contribution is 2.65. The van der Waals surface area contributed by atoms with E-state index >= 15 is 0 Å². The first kappa shape index (κ1) is 17.0. The van der Waals surface area contributed by atoms with E-state index in [4.69, 9.17) is 9.47 Å². The first-order valence-electron chi connectivity index (χ1n) is 8.61. The highest BCUT2D eigenvalue weighted by molar-refractivity contribution is 5.94. The summed E-state index contributed by atoms with van der Waals surface area (Å²) >= 11 is 0. The highest BCUT2D eigenvalue weighted by Gasteiger charge is 2.76. The second-order valence-corrected chi connectivity index (χ2v) is 8.26. The van der Waals surface area contributed by atoms with E-state index in [1.54, 1.807) is 0 Å². The lowest BCUT2D eigenvalue weighted by Gasteiger charge is -2.34. The molecule has 4 heteroatoms. The minimum atomic E-state index is -1.18. The maximum absolute atomic E-state index is 13.1. The lowest BCUT2D eigenvalue weighted by atomic mass is 9.66. The molecule has 1 saturated carbocycles. The number of hydrogen-bond acceptors (Lipinski definition) is 4. The van der Waals surface area contributed by atoms with Crippen LogP contribution in [0.5, 0.6) is 5.75 Å². The topological polar surface area (TPSA) is 52.6 Å². The normalized spacial score (nSPS) is 30.5. The molecule has 1 aliphatic heterocycles. The summed E-state index contributed by atoms with van der Waals surface area (Å²) in [6, 6.07) is 5.88. The number of carbonyl (C=O) groups excluding carboxylic acids is 2. The molecule has 1 heterocycles. The number of ether oxygens (including phenoxy) is 2. The van der Waals surface area contributed by atoms with Gasteiger partial charge < -0.3 is 9.47 Å². The first-order chi connectivity index (χ1) is 11.0. The quantitative estimate of drug-likeness (QED) is 0.617. The number of carbonyl (C=O) groups is 2. The van der Waals surface area contributed by atoms with Crippen LogP contribution in [0, 0.1) is 17.8 Å². The van der Waals surface area contributed by atoms with Gasteiger partial charge in [-0.3, -0.25) is 4.79 Å². The van der Waals surface area contributed by atoms with E-state index in [1.807, 2.05) is 45.9 Å². The van der Waals surface area contributed by atoms with Crippen LogP contribution in [0.4, 0.5) is 0 Å². The zero-order valence-corrected chi connectivity index (χ0v) is 15.4. The Morgan fingerprint density at radius 3 is 2.38 bits per heavy atom. The van der Waals surface area contributed by atoms with Gasteiger partial charge in [-0.15, -0.1) is 0 Å². The van der Waals surface area contributed by atoms with Crippen molar-refractivity contribution in [1.29, 1.82) is 0 Å². The molecule has 0 aromatic heterocycles. The van der Waals surface area contributed by atoms with E-state index in [0.717, 1.165) is 11.1 Å². The number of fused-ring (bicyclic) bond motifs is 2. The van der Waals surface area contributed by atoms with E-state index in [9.17, 15) is 9.59 Å². The molecule has 4 nitrogen and oxygen atoms in total. The Bertz CT molecular complexity index is 718. The summed E-state index contributed by atoms with van der Waals surface area (Å²) in [5.41, 5.74) is -0.390. The van der Waals surface area contributed by atoms with E-state index in [2.05, 4.69) is 13.8 Å². The standard InChI is InChI=1S/C20H26O4/c1-12(2)14-8-7-13(3)11-15(14)23-17(22)20-10-9-19(6,16(21)24-20)18(20,4)5/h7-8,11-12H,9-10H2,1-6H3. The van der Waals surface area contributed by atoms with Gasteiger partial charge in [-0.1, -0.05) is 39.8 Å².